The number of hydrogen-bond donors (Lipinski definition) is 0. The molecule has 0 spiro atoms. The first-order chi connectivity index (χ1) is 6.09. The summed E-state index contributed by atoms with van der Waals surface area (Å²) in [5, 5.41) is 0. The molecule has 1 heteroatoms. The number of hydrogen-bond acceptors (Lipinski definition) is 0. The van der Waals surface area contributed by atoms with Crippen molar-refractivity contribution >= 4 is 0 Å². The Kier molecular flexibility index (Phi) is 1.92. The van der Waals surface area contributed by atoms with Gasteiger partial charge in [-0.3, -0.25) is 0 Å². The van der Waals surface area contributed by atoms with Crippen LogP contribution >= 0.6 is 0 Å². The number of nitrogens with one attached hydrogen (secondary N) is 1. The van der Waals surface area contributed by atoms with Crippen molar-refractivity contribution in [1.29, 1.82) is 0 Å². The fourth-order valence-electron chi connectivity index (χ4n) is 2.33. The molecule has 2 rings (SSSR count). The molecule has 0 aromatic heterocycles. The summed E-state index contributed by atoms with van der Waals surface area (Å²) in [5.41, 5.74) is 13.4. The molecule has 0 aliphatic heterocycles. The predicted molar refractivity (Wildman–Crippen MR) is 54.6 cm³/mol. The highest BCUT2D eigenvalue weighted by atomic mass is 14.7. The zero-order chi connectivity index (χ0) is 9.59. The molecule has 13 heavy (non-hydrogen) atoms. The average Bonchev–Trinajstić information content (AvgIpc) is 2.32. The summed E-state index contributed by atoms with van der Waals surface area (Å²) in [6.07, 6.45) is 1.09. The second-order valence-electron chi connectivity index (χ2n) is 4.31. The quantitative estimate of drug-likeness (QED) is 0.577. The molecule has 0 amide bonds. The van der Waals surface area contributed by atoms with Crippen molar-refractivity contribution in [2.24, 2.45) is 5.92 Å². The van der Waals surface area contributed by atoms with Crippen molar-refractivity contribution in [3.63, 3.8) is 0 Å². The van der Waals surface area contributed by atoms with Gasteiger partial charge in [0, 0.05) is 6.04 Å². The van der Waals surface area contributed by atoms with Crippen LogP contribution in [0.25, 0.3) is 0 Å². The van der Waals surface area contributed by atoms with E-state index in [1.807, 2.05) is 0 Å². The van der Waals surface area contributed by atoms with Crippen LogP contribution in [0.1, 0.15) is 35.2 Å². The Hall–Kier alpha value is -0.820. The van der Waals surface area contributed by atoms with E-state index in [1.54, 1.807) is 0 Å². The second-order valence-corrected chi connectivity index (χ2v) is 4.31. The molecule has 0 bridgehead atoms. The molecular formula is C12H16N. The van der Waals surface area contributed by atoms with Crippen LogP contribution < -0.4 is 5.73 Å². The van der Waals surface area contributed by atoms with Crippen molar-refractivity contribution in [2.45, 2.75) is 33.2 Å². The first-order valence-corrected chi connectivity index (χ1v) is 4.90. The Balaban J connectivity index is 2.57. The van der Waals surface area contributed by atoms with E-state index in [2.05, 4.69) is 32.9 Å². The van der Waals surface area contributed by atoms with E-state index in [9.17, 15) is 0 Å². The van der Waals surface area contributed by atoms with Crippen LogP contribution in [0.5, 0.6) is 0 Å². The molecule has 0 unspecified atom stereocenters. The van der Waals surface area contributed by atoms with Crippen LogP contribution in [0.15, 0.2) is 12.1 Å². The zero-order valence-electron chi connectivity index (χ0n) is 8.52. The lowest BCUT2D eigenvalue weighted by atomic mass is 10.0. The molecule has 2 atom stereocenters. The molecule has 1 N–H and O–H groups in total. The molecule has 0 saturated carbocycles. The first kappa shape index (κ1) is 8.76. The van der Waals surface area contributed by atoms with Gasteiger partial charge < -0.3 is 0 Å². The van der Waals surface area contributed by atoms with Gasteiger partial charge in [-0.05, 0) is 42.9 Å². The van der Waals surface area contributed by atoms with Crippen molar-refractivity contribution < 1.29 is 0 Å². The summed E-state index contributed by atoms with van der Waals surface area (Å²) in [5.74, 6) is 0.496. The summed E-state index contributed by atoms with van der Waals surface area (Å²) in [7, 11) is 0. The van der Waals surface area contributed by atoms with Crippen molar-refractivity contribution in [1.82, 2.24) is 5.73 Å². The zero-order valence-corrected chi connectivity index (χ0v) is 8.52. The van der Waals surface area contributed by atoms with E-state index in [0.29, 0.717) is 5.92 Å². The van der Waals surface area contributed by atoms with Gasteiger partial charge in [0.25, 0.3) is 0 Å². The van der Waals surface area contributed by atoms with Crippen LogP contribution in [0.4, 0.5) is 0 Å². The maximum atomic E-state index is 8.01. The van der Waals surface area contributed by atoms with Gasteiger partial charge in [-0.25, -0.2) is 5.73 Å². The van der Waals surface area contributed by atoms with Crippen molar-refractivity contribution in [3.05, 3.63) is 34.4 Å². The standard InChI is InChI=1S/C12H16N/c1-7-4-8(2)10-6-9(3)12(13)11(10)5-7/h4-5,9,12-13H,6H2,1-3H3/t9-,12-/m1/s1. The van der Waals surface area contributed by atoms with Gasteiger partial charge in [0.15, 0.2) is 0 Å². The molecule has 1 aromatic rings. The largest absolute Gasteiger partial charge is 0.249 e. The van der Waals surface area contributed by atoms with Crippen LogP contribution in [-0.2, 0) is 6.42 Å². The molecule has 1 aliphatic carbocycles. The number of fused-ring (bicyclic) bond motifs is 1. The Morgan fingerprint density at radius 1 is 1.31 bits per heavy atom. The van der Waals surface area contributed by atoms with Gasteiger partial charge in [-0.15, -0.1) is 0 Å². The van der Waals surface area contributed by atoms with E-state index in [0.717, 1.165) is 6.42 Å². The minimum absolute atomic E-state index is 0.00796. The average molecular weight is 174 g/mol. The van der Waals surface area contributed by atoms with Gasteiger partial charge in [-0.1, -0.05) is 24.6 Å². The first-order valence-electron chi connectivity index (χ1n) is 4.90. The highest BCUT2D eigenvalue weighted by Gasteiger charge is 2.27. The van der Waals surface area contributed by atoms with Gasteiger partial charge in [0.1, 0.15) is 0 Å². The number of rotatable bonds is 0. The van der Waals surface area contributed by atoms with Crippen LogP contribution in [0, 0.1) is 19.8 Å². The van der Waals surface area contributed by atoms with E-state index < -0.39 is 0 Å². The van der Waals surface area contributed by atoms with Gasteiger partial charge in [0.2, 0.25) is 0 Å². The van der Waals surface area contributed by atoms with Gasteiger partial charge in [0.05, 0.1) is 0 Å². The molecule has 1 aliphatic rings. The molecule has 0 heterocycles. The van der Waals surface area contributed by atoms with E-state index in [4.69, 9.17) is 5.73 Å². The third kappa shape index (κ3) is 1.28. The van der Waals surface area contributed by atoms with E-state index >= 15 is 0 Å². The molecule has 1 nitrogen and oxygen atoms in total. The molecular weight excluding hydrogens is 158 g/mol. The highest BCUT2D eigenvalue weighted by Crippen LogP contribution is 2.37. The number of benzene rings is 1. The fourth-order valence-corrected chi connectivity index (χ4v) is 2.33. The molecule has 0 saturated heterocycles. The predicted octanol–water partition coefficient (Wildman–Crippen LogP) is 2.82. The SMILES string of the molecule is Cc1cc(C)c2c(c1)[C@H]([NH])[C@H](C)C2. The van der Waals surface area contributed by atoms with E-state index in [1.165, 1.54) is 22.3 Å². The number of aryl methyl sites for hydroxylation is 2. The van der Waals surface area contributed by atoms with E-state index in [-0.39, 0.29) is 6.04 Å². The fraction of sp³-hybridized carbons (Fsp3) is 0.500. The van der Waals surface area contributed by atoms with Crippen molar-refractivity contribution in [3.8, 4) is 0 Å². The third-order valence-corrected chi connectivity index (χ3v) is 3.08. The van der Waals surface area contributed by atoms with Crippen molar-refractivity contribution in [2.75, 3.05) is 0 Å². The highest BCUT2D eigenvalue weighted by molar-refractivity contribution is 5.43. The Bertz CT molecular complexity index is 341. The smallest absolute Gasteiger partial charge is 0.0494 e. The molecule has 0 fully saturated rings. The van der Waals surface area contributed by atoms with Gasteiger partial charge in [-0.2, -0.15) is 0 Å². The monoisotopic (exact) mass is 174 g/mol. The lowest BCUT2D eigenvalue weighted by Gasteiger charge is -2.09. The maximum absolute atomic E-state index is 8.01. The Labute approximate surface area is 80.0 Å². The summed E-state index contributed by atoms with van der Waals surface area (Å²) in [4.78, 5) is 0. The summed E-state index contributed by atoms with van der Waals surface area (Å²) >= 11 is 0. The lowest BCUT2D eigenvalue weighted by Crippen LogP contribution is -2.03. The van der Waals surface area contributed by atoms with Gasteiger partial charge >= 0.3 is 0 Å². The maximum Gasteiger partial charge on any atom is 0.0494 e. The van der Waals surface area contributed by atoms with Crippen LogP contribution in [0.2, 0.25) is 0 Å². The molecule has 69 valence electrons. The third-order valence-electron chi connectivity index (χ3n) is 3.08. The summed E-state index contributed by atoms with van der Waals surface area (Å²) < 4.78 is 0. The lowest BCUT2D eigenvalue weighted by molar-refractivity contribution is 0.500. The summed E-state index contributed by atoms with van der Waals surface area (Å²) in [6.45, 7) is 6.45. The minimum atomic E-state index is 0.00796. The normalized spacial score (nSPS) is 26.2. The van der Waals surface area contributed by atoms with Crippen LogP contribution in [0.3, 0.4) is 0 Å². The topological polar surface area (TPSA) is 23.8 Å². The minimum Gasteiger partial charge on any atom is -0.249 e. The summed E-state index contributed by atoms with van der Waals surface area (Å²) in [6, 6.07) is 4.42. The Morgan fingerprint density at radius 3 is 2.69 bits per heavy atom. The molecule has 1 aromatic carbocycles. The van der Waals surface area contributed by atoms with Crippen LogP contribution in [-0.4, -0.2) is 0 Å². The Morgan fingerprint density at radius 2 is 2.00 bits per heavy atom. The molecule has 1 radical (unpaired) electrons. The second kappa shape index (κ2) is 2.85.